The zero-order valence-corrected chi connectivity index (χ0v) is 20.4. The summed E-state index contributed by atoms with van der Waals surface area (Å²) >= 11 is 7.64. The fraction of sp³-hybridized carbons (Fsp3) is 0.318. The van der Waals surface area contributed by atoms with E-state index in [1.54, 1.807) is 6.07 Å². The predicted octanol–water partition coefficient (Wildman–Crippen LogP) is 4.12. The van der Waals surface area contributed by atoms with Crippen LogP contribution in [0.2, 0.25) is 5.02 Å². The summed E-state index contributed by atoms with van der Waals surface area (Å²) in [5, 5.41) is 1.12. The van der Waals surface area contributed by atoms with E-state index in [0.717, 1.165) is 22.0 Å². The molecule has 0 unspecified atom stereocenters. The van der Waals surface area contributed by atoms with Gasteiger partial charge in [0.1, 0.15) is 0 Å². The van der Waals surface area contributed by atoms with Gasteiger partial charge in [0.2, 0.25) is 15.9 Å². The van der Waals surface area contributed by atoms with Crippen LogP contribution in [-0.4, -0.2) is 60.4 Å². The fourth-order valence-electron chi connectivity index (χ4n) is 3.05. The molecule has 1 saturated heterocycles. The standard InChI is InChI=1S/C22H24ClN3O4S2/c1-15-5-8-18(13-20(15)23)24-22-26(11-4-12-31-22)21(28)14-25(3)32(29,30)19-9-6-17(7-10-19)16(2)27/h5-10,13H,4,11-12,14H2,1-3H3. The molecule has 7 nitrogen and oxygen atoms in total. The Bertz CT molecular complexity index is 1160. The number of aliphatic imine (C=N–C) groups is 1. The number of amides is 1. The molecule has 0 spiro atoms. The van der Waals surface area contributed by atoms with E-state index < -0.39 is 10.0 Å². The highest BCUT2D eigenvalue weighted by atomic mass is 35.5. The van der Waals surface area contributed by atoms with E-state index in [1.165, 1.54) is 54.9 Å². The van der Waals surface area contributed by atoms with E-state index >= 15 is 0 Å². The molecule has 0 radical (unpaired) electrons. The minimum Gasteiger partial charge on any atom is -0.295 e. The summed E-state index contributed by atoms with van der Waals surface area (Å²) in [5.41, 5.74) is 1.99. The Kier molecular flexibility index (Phi) is 7.76. The summed E-state index contributed by atoms with van der Waals surface area (Å²) in [6, 6.07) is 11.1. The van der Waals surface area contributed by atoms with Crippen molar-refractivity contribution >= 4 is 55.9 Å². The lowest BCUT2D eigenvalue weighted by atomic mass is 10.2. The van der Waals surface area contributed by atoms with Gasteiger partial charge in [0.15, 0.2) is 11.0 Å². The van der Waals surface area contributed by atoms with Crippen LogP contribution in [-0.2, 0) is 14.8 Å². The van der Waals surface area contributed by atoms with Crippen LogP contribution in [0.1, 0.15) is 29.3 Å². The number of benzene rings is 2. The minimum absolute atomic E-state index is 0.0222. The van der Waals surface area contributed by atoms with Crippen molar-refractivity contribution in [3.8, 4) is 0 Å². The Hall–Kier alpha value is -2.20. The van der Waals surface area contributed by atoms with Gasteiger partial charge in [-0.25, -0.2) is 13.4 Å². The molecule has 32 heavy (non-hydrogen) atoms. The Morgan fingerprint density at radius 1 is 1.19 bits per heavy atom. The van der Waals surface area contributed by atoms with E-state index in [0.29, 0.717) is 28.0 Å². The van der Waals surface area contributed by atoms with Crippen molar-refractivity contribution < 1.29 is 18.0 Å². The largest absolute Gasteiger partial charge is 0.295 e. The Morgan fingerprint density at radius 2 is 1.88 bits per heavy atom. The molecule has 170 valence electrons. The average molecular weight is 494 g/mol. The maximum atomic E-state index is 13.0. The molecule has 0 aliphatic carbocycles. The number of thioether (sulfide) groups is 1. The van der Waals surface area contributed by atoms with Crippen molar-refractivity contribution in [1.29, 1.82) is 0 Å². The van der Waals surface area contributed by atoms with Crippen molar-refractivity contribution in [3.05, 3.63) is 58.6 Å². The van der Waals surface area contributed by atoms with E-state index in [2.05, 4.69) is 4.99 Å². The highest BCUT2D eigenvalue weighted by Crippen LogP contribution is 2.26. The number of Topliss-reactive ketones (excluding diaryl/α,β-unsaturated/α-hetero) is 1. The van der Waals surface area contributed by atoms with Gasteiger partial charge in [-0.2, -0.15) is 4.31 Å². The van der Waals surface area contributed by atoms with Crippen LogP contribution in [0, 0.1) is 6.92 Å². The maximum Gasteiger partial charge on any atom is 0.243 e. The number of hydrogen-bond donors (Lipinski definition) is 0. The molecule has 1 heterocycles. The van der Waals surface area contributed by atoms with Gasteiger partial charge in [-0.1, -0.05) is 41.6 Å². The monoisotopic (exact) mass is 493 g/mol. The molecule has 10 heteroatoms. The van der Waals surface area contributed by atoms with E-state index in [9.17, 15) is 18.0 Å². The van der Waals surface area contributed by atoms with Gasteiger partial charge in [0.25, 0.3) is 0 Å². The number of likely N-dealkylation sites (N-methyl/N-ethyl adjacent to an activating group) is 1. The predicted molar refractivity (Wildman–Crippen MR) is 128 cm³/mol. The molecule has 1 aliphatic heterocycles. The third-order valence-electron chi connectivity index (χ3n) is 5.00. The van der Waals surface area contributed by atoms with Crippen LogP contribution < -0.4 is 0 Å². The summed E-state index contributed by atoms with van der Waals surface area (Å²) in [4.78, 5) is 30.6. The molecular weight excluding hydrogens is 470 g/mol. The second kappa shape index (κ2) is 10.2. The van der Waals surface area contributed by atoms with Crippen LogP contribution >= 0.6 is 23.4 Å². The number of sulfonamides is 1. The molecule has 2 aromatic rings. The summed E-state index contributed by atoms with van der Waals surface area (Å²) in [6.45, 7) is 3.44. The number of carbonyl (C=O) groups is 2. The number of ketones is 1. The lowest BCUT2D eigenvalue weighted by molar-refractivity contribution is -0.127. The Balaban J connectivity index is 1.78. The zero-order chi connectivity index (χ0) is 23.5. The molecule has 3 rings (SSSR count). The summed E-state index contributed by atoms with van der Waals surface area (Å²) in [7, 11) is -2.53. The fourth-order valence-corrected chi connectivity index (χ4v) is 5.32. The number of hydrogen-bond acceptors (Lipinski definition) is 6. The van der Waals surface area contributed by atoms with Crippen molar-refractivity contribution in [2.24, 2.45) is 4.99 Å². The van der Waals surface area contributed by atoms with Crippen LogP contribution in [0.25, 0.3) is 0 Å². The minimum atomic E-state index is -3.89. The van der Waals surface area contributed by atoms with Crippen molar-refractivity contribution in [2.75, 3.05) is 25.9 Å². The van der Waals surface area contributed by atoms with Crippen molar-refractivity contribution in [1.82, 2.24) is 9.21 Å². The highest BCUT2D eigenvalue weighted by molar-refractivity contribution is 8.13. The molecule has 0 bridgehead atoms. The van der Waals surface area contributed by atoms with Crippen molar-refractivity contribution in [2.45, 2.75) is 25.2 Å². The van der Waals surface area contributed by atoms with Crippen LogP contribution in [0.15, 0.2) is 52.4 Å². The number of halogens is 1. The molecule has 0 N–H and O–H groups in total. The lowest BCUT2D eigenvalue weighted by Gasteiger charge is -2.29. The van der Waals surface area contributed by atoms with Gasteiger partial charge in [0.05, 0.1) is 17.1 Å². The van der Waals surface area contributed by atoms with E-state index in [4.69, 9.17) is 11.6 Å². The Morgan fingerprint density at radius 3 is 2.50 bits per heavy atom. The van der Waals surface area contributed by atoms with Gasteiger partial charge < -0.3 is 0 Å². The van der Waals surface area contributed by atoms with Gasteiger partial charge >= 0.3 is 0 Å². The third kappa shape index (κ3) is 5.58. The Labute approximate surface area is 197 Å². The van der Waals surface area contributed by atoms with E-state index in [-0.39, 0.29) is 23.1 Å². The summed E-state index contributed by atoms with van der Waals surface area (Å²) in [5.74, 6) is 0.307. The average Bonchev–Trinajstić information content (AvgIpc) is 2.76. The second-order valence-corrected chi connectivity index (χ2v) is 10.9. The summed E-state index contributed by atoms with van der Waals surface area (Å²) < 4.78 is 26.8. The maximum absolute atomic E-state index is 13.0. The molecule has 1 aliphatic rings. The first-order valence-electron chi connectivity index (χ1n) is 9.95. The van der Waals surface area contributed by atoms with Crippen LogP contribution in [0.3, 0.4) is 0 Å². The molecule has 0 saturated carbocycles. The quantitative estimate of drug-likeness (QED) is 0.565. The molecule has 0 atom stereocenters. The number of nitrogens with zero attached hydrogens (tertiary/aromatic N) is 3. The molecular formula is C22H24ClN3O4S2. The first-order valence-corrected chi connectivity index (χ1v) is 12.8. The van der Waals surface area contributed by atoms with E-state index in [1.807, 2.05) is 19.1 Å². The number of carbonyl (C=O) groups excluding carboxylic acids is 2. The van der Waals surface area contributed by atoms with Crippen LogP contribution in [0.4, 0.5) is 5.69 Å². The molecule has 1 amide bonds. The SMILES string of the molecule is CC(=O)c1ccc(S(=O)(=O)N(C)CC(=O)N2CCCSC2=Nc2ccc(C)c(Cl)c2)cc1. The molecule has 0 aromatic heterocycles. The van der Waals surface area contributed by atoms with Gasteiger partial charge in [-0.15, -0.1) is 0 Å². The third-order valence-corrected chi connectivity index (χ3v) is 8.28. The highest BCUT2D eigenvalue weighted by Gasteiger charge is 2.29. The number of aryl methyl sites for hydroxylation is 1. The van der Waals surface area contributed by atoms with Crippen LogP contribution in [0.5, 0.6) is 0 Å². The number of rotatable bonds is 6. The van der Waals surface area contributed by atoms with Gasteiger partial charge in [0, 0.05) is 29.9 Å². The first kappa shape index (κ1) is 24.4. The smallest absolute Gasteiger partial charge is 0.243 e. The van der Waals surface area contributed by atoms with Gasteiger partial charge in [-0.3, -0.25) is 14.5 Å². The molecule has 2 aromatic carbocycles. The second-order valence-electron chi connectivity index (χ2n) is 7.42. The first-order chi connectivity index (χ1) is 15.1. The zero-order valence-electron chi connectivity index (χ0n) is 18.0. The summed E-state index contributed by atoms with van der Waals surface area (Å²) in [6.07, 6.45) is 0.785. The normalized spacial score (nSPS) is 15.9. The van der Waals surface area contributed by atoms with Crippen molar-refractivity contribution in [3.63, 3.8) is 0 Å². The molecule has 1 fully saturated rings. The lowest BCUT2D eigenvalue weighted by Crippen LogP contribution is -2.45. The number of amidine groups is 1. The van der Waals surface area contributed by atoms with Gasteiger partial charge in [-0.05, 0) is 50.1 Å². The topological polar surface area (TPSA) is 87.1 Å².